The Morgan fingerprint density at radius 2 is 1.76 bits per heavy atom. The number of benzene rings is 2. The van der Waals surface area contributed by atoms with Crippen molar-refractivity contribution in [1.82, 2.24) is 9.47 Å². The molecule has 2 heterocycles. The van der Waals surface area contributed by atoms with E-state index in [2.05, 4.69) is 30.5 Å². The number of nitriles is 1. The van der Waals surface area contributed by atoms with Crippen molar-refractivity contribution in [1.29, 1.82) is 5.26 Å². The summed E-state index contributed by atoms with van der Waals surface area (Å²) >= 11 is 0. The molecule has 0 saturated carbocycles. The predicted molar refractivity (Wildman–Crippen MR) is 97.4 cm³/mol. The quantitative estimate of drug-likeness (QED) is 0.677. The molecule has 122 valence electrons. The largest absolute Gasteiger partial charge is 0.318 e. The highest BCUT2D eigenvalue weighted by molar-refractivity contribution is 5.77. The second kappa shape index (κ2) is 5.95. The molecule has 0 spiro atoms. The van der Waals surface area contributed by atoms with Gasteiger partial charge in [-0.1, -0.05) is 30.3 Å². The van der Waals surface area contributed by atoms with Crippen LogP contribution in [0.1, 0.15) is 11.1 Å². The predicted octanol–water partition coefficient (Wildman–Crippen LogP) is 3.52. The third kappa shape index (κ3) is 2.70. The van der Waals surface area contributed by atoms with Gasteiger partial charge in [0.25, 0.3) is 0 Å². The summed E-state index contributed by atoms with van der Waals surface area (Å²) in [7, 11) is 1.76. The third-order valence-corrected chi connectivity index (χ3v) is 4.70. The SMILES string of the molecule is Cn1cc(-c2cc3c(c(-c4ccccc4)c2)CN(C#N)C3)ccc1=O. The van der Waals surface area contributed by atoms with E-state index < -0.39 is 0 Å². The number of rotatable bonds is 2. The van der Waals surface area contributed by atoms with Crippen LogP contribution < -0.4 is 5.56 Å². The number of nitrogens with zero attached hydrogens (tertiary/aromatic N) is 3. The number of aryl methyl sites for hydroxylation is 1. The summed E-state index contributed by atoms with van der Waals surface area (Å²) < 4.78 is 1.59. The first-order chi connectivity index (χ1) is 12.2. The molecule has 4 nitrogen and oxygen atoms in total. The molecule has 4 heteroatoms. The summed E-state index contributed by atoms with van der Waals surface area (Å²) in [4.78, 5) is 13.4. The van der Waals surface area contributed by atoms with Crippen LogP contribution in [0.3, 0.4) is 0 Å². The standard InChI is InChI=1S/C21H17N3O/c1-23-11-16(7-8-21(23)25)17-9-18-12-24(14-22)13-20(18)19(10-17)15-5-3-2-4-6-15/h2-11H,12-13H2,1H3. The molecule has 2 aromatic carbocycles. The number of hydrogen-bond donors (Lipinski definition) is 0. The lowest BCUT2D eigenvalue weighted by molar-refractivity contribution is 0.417. The van der Waals surface area contributed by atoms with Gasteiger partial charge >= 0.3 is 0 Å². The molecule has 1 aliphatic heterocycles. The Morgan fingerprint density at radius 3 is 2.48 bits per heavy atom. The van der Waals surface area contributed by atoms with Gasteiger partial charge in [-0.2, -0.15) is 5.26 Å². The minimum atomic E-state index is -0.0242. The van der Waals surface area contributed by atoms with Crippen LogP contribution in [0.15, 0.2) is 65.6 Å². The molecule has 0 amide bonds. The van der Waals surface area contributed by atoms with Crippen molar-refractivity contribution in [3.05, 3.63) is 82.3 Å². The number of pyridine rings is 1. The van der Waals surface area contributed by atoms with Gasteiger partial charge in [-0.25, -0.2) is 0 Å². The molecule has 1 aliphatic rings. The Labute approximate surface area is 146 Å². The number of fused-ring (bicyclic) bond motifs is 1. The fourth-order valence-corrected chi connectivity index (χ4v) is 3.39. The van der Waals surface area contributed by atoms with Gasteiger partial charge in [0.2, 0.25) is 5.56 Å². The van der Waals surface area contributed by atoms with Crippen LogP contribution in [0.25, 0.3) is 22.3 Å². The van der Waals surface area contributed by atoms with E-state index in [0.29, 0.717) is 13.1 Å². The van der Waals surface area contributed by atoms with E-state index >= 15 is 0 Å². The van der Waals surface area contributed by atoms with Gasteiger partial charge in [0.1, 0.15) is 0 Å². The minimum absolute atomic E-state index is 0.0242. The molecule has 3 aromatic rings. The normalized spacial score (nSPS) is 12.7. The number of hydrogen-bond acceptors (Lipinski definition) is 3. The molecule has 0 bridgehead atoms. The third-order valence-electron chi connectivity index (χ3n) is 4.70. The van der Waals surface area contributed by atoms with Crippen LogP contribution >= 0.6 is 0 Å². The molecular formula is C21H17N3O. The zero-order valence-electron chi connectivity index (χ0n) is 13.9. The van der Waals surface area contributed by atoms with E-state index in [1.807, 2.05) is 30.5 Å². The van der Waals surface area contributed by atoms with E-state index in [1.165, 1.54) is 11.1 Å². The maximum absolute atomic E-state index is 11.7. The van der Waals surface area contributed by atoms with Crippen molar-refractivity contribution < 1.29 is 0 Å². The summed E-state index contributed by atoms with van der Waals surface area (Å²) in [5.41, 5.74) is 6.72. The zero-order chi connectivity index (χ0) is 17.4. The van der Waals surface area contributed by atoms with Crippen molar-refractivity contribution in [2.45, 2.75) is 13.1 Å². The highest BCUT2D eigenvalue weighted by Crippen LogP contribution is 2.36. The van der Waals surface area contributed by atoms with Gasteiger partial charge in [0, 0.05) is 19.3 Å². The highest BCUT2D eigenvalue weighted by atomic mass is 16.1. The van der Waals surface area contributed by atoms with Crippen molar-refractivity contribution in [3.8, 4) is 28.4 Å². The Balaban J connectivity index is 1.92. The molecule has 0 radical (unpaired) electrons. The number of aromatic nitrogens is 1. The smallest absolute Gasteiger partial charge is 0.250 e. The van der Waals surface area contributed by atoms with E-state index in [1.54, 1.807) is 22.6 Å². The lowest BCUT2D eigenvalue weighted by Crippen LogP contribution is -2.13. The van der Waals surface area contributed by atoms with Crippen molar-refractivity contribution in [2.75, 3.05) is 0 Å². The first-order valence-corrected chi connectivity index (χ1v) is 8.18. The molecule has 0 fully saturated rings. The molecule has 0 unspecified atom stereocenters. The lowest BCUT2D eigenvalue weighted by Gasteiger charge is -2.12. The van der Waals surface area contributed by atoms with Gasteiger partial charge in [-0.3, -0.25) is 4.79 Å². The Bertz CT molecular complexity index is 1040. The monoisotopic (exact) mass is 327 g/mol. The zero-order valence-corrected chi connectivity index (χ0v) is 13.9. The summed E-state index contributed by atoms with van der Waals surface area (Å²) in [6.45, 7) is 1.27. The lowest BCUT2D eigenvalue weighted by atomic mass is 9.92. The van der Waals surface area contributed by atoms with Crippen LogP contribution in [0, 0.1) is 11.5 Å². The Morgan fingerprint density at radius 1 is 0.960 bits per heavy atom. The summed E-state index contributed by atoms with van der Waals surface area (Å²) in [5.74, 6) is 0. The van der Waals surface area contributed by atoms with Crippen molar-refractivity contribution in [3.63, 3.8) is 0 Å². The van der Waals surface area contributed by atoms with E-state index in [9.17, 15) is 10.1 Å². The fourth-order valence-electron chi connectivity index (χ4n) is 3.39. The second-order valence-corrected chi connectivity index (χ2v) is 6.35. The summed E-state index contributed by atoms with van der Waals surface area (Å²) in [6.07, 6.45) is 4.11. The molecule has 0 saturated heterocycles. The minimum Gasteiger partial charge on any atom is -0.318 e. The summed E-state index contributed by atoms with van der Waals surface area (Å²) in [6, 6.07) is 18.0. The first-order valence-electron chi connectivity index (χ1n) is 8.18. The summed E-state index contributed by atoms with van der Waals surface area (Å²) in [5, 5.41) is 9.29. The first kappa shape index (κ1) is 15.2. The van der Waals surface area contributed by atoms with Crippen molar-refractivity contribution >= 4 is 0 Å². The van der Waals surface area contributed by atoms with Crippen molar-refractivity contribution in [2.24, 2.45) is 7.05 Å². The maximum Gasteiger partial charge on any atom is 0.250 e. The Hall–Kier alpha value is -3.32. The van der Waals surface area contributed by atoms with E-state index in [-0.39, 0.29) is 5.56 Å². The topological polar surface area (TPSA) is 49.0 Å². The van der Waals surface area contributed by atoms with Crippen LogP contribution in [0.2, 0.25) is 0 Å². The molecule has 0 N–H and O–H groups in total. The Kier molecular flexibility index (Phi) is 3.62. The molecule has 1 aromatic heterocycles. The average molecular weight is 327 g/mol. The van der Waals surface area contributed by atoms with E-state index in [0.717, 1.165) is 22.3 Å². The molecule has 0 atom stereocenters. The molecular weight excluding hydrogens is 310 g/mol. The van der Waals surface area contributed by atoms with Crippen LogP contribution in [0.4, 0.5) is 0 Å². The van der Waals surface area contributed by atoms with Gasteiger partial charge in [-0.15, -0.1) is 0 Å². The van der Waals surface area contributed by atoms with Gasteiger partial charge in [0.05, 0.1) is 13.1 Å². The average Bonchev–Trinajstić information content (AvgIpc) is 3.07. The molecule has 4 rings (SSSR count). The van der Waals surface area contributed by atoms with Gasteiger partial charge in [-0.05, 0) is 51.6 Å². The van der Waals surface area contributed by atoms with Crippen LogP contribution in [0.5, 0.6) is 0 Å². The second-order valence-electron chi connectivity index (χ2n) is 6.35. The maximum atomic E-state index is 11.7. The molecule has 0 aliphatic carbocycles. The molecule has 25 heavy (non-hydrogen) atoms. The fraction of sp³-hybridized carbons (Fsp3) is 0.143. The van der Waals surface area contributed by atoms with Gasteiger partial charge < -0.3 is 9.47 Å². The highest BCUT2D eigenvalue weighted by Gasteiger charge is 2.22. The van der Waals surface area contributed by atoms with Crippen LogP contribution in [-0.2, 0) is 20.1 Å². The van der Waals surface area contributed by atoms with Crippen LogP contribution in [-0.4, -0.2) is 9.47 Å². The van der Waals surface area contributed by atoms with E-state index in [4.69, 9.17) is 0 Å². The van der Waals surface area contributed by atoms with Gasteiger partial charge in [0.15, 0.2) is 6.19 Å².